The number of allylic oxidation sites excluding steroid dienone is 3. The molecule has 2 nitrogen and oxygen atoms in total. The molecule has 1 atom stereocenters. The summed E-state index contributed by atoms with van der Waals surface area (Å²) >= 11 is 0. The molecule has 0 aromatic heterocycles. The lowest BCUT2D eigenvalue weighted by Gasteiger charge is -2.33. The quantitative estimate of drug-likeness (QED) is 0.559. The van der Waals surface area contributed by atoms with Crippen LogP contribution in [0.5, 0.6) is 0 Å². The minimum atomic E-state index is -0.104. The molecule has 2 rings (SSSR count). The molecule has 0 fully saturated rings. The van der Waals surface area contributed by atoms with Gasteiger partial charge in [-0.15, -0.1) is 0 Å². The molecule has 1 unspecified atom stereocenters. The molecule has 12 heavy (non-hydrogen) atoms. The maximum absolute atomic E-state index is 5.84. The van der Waals surface area contributed by atoms with E-state index in [1.54, 1.807) is 0 Å². The predicted octanol–water partition coefficient (Wildman–Crippen LogP) is 1.20. The molecule has 3 N–H and O–H groups in total. The van der Waals surface area contributed by atoms with Crippen LogP contribution in [0.3, 0.4) is 0 Å². The average Bonchev–Trinajstić information content (AvgIpc) is 2.04. The van der Waals surface area contributed by atoms with Crippen LogP contribution in [0.25, 0.3) is 0 Å². The topological polar surface area (TPSA) is 38.0 Å². The van der Waals surface area contributed by atoms with Crippen molar-refractivity contribution in [2.24, 2.45) is 5.73 Å². The number of nitrogens with one attached hydrogen (secondary N) is 1. The standard InChI is InChI=1S/C10H12N2/c1-10-6-3-2-4-8(10)9(11)5-7-12-10/h2-7,12H,11H2,1H3. The van der Waals surface area contributed by atoms with Crippen LogP contribution in [0.4, 0.5) is 0 Å². The van der Waals surface area contributed by atoms with Crippen LogP contribution >= 0.6 is 0 Å². The molecule has 2 heteroatoms. The van der Waals surface area contributed by atoms with Gasteiger partial charge in [0.1, 0.15) is 0 Å². The smallest absolute Gasteiger partial charge is 0.0799 e. The van der Waals surface area contributed by atoms with Crippen molar-refractivity contribution in [2.45, 2.75) is 12.5 Å². The first-order valence-corrected chi connectivity index (χ1v) is 4.03. The monoisotopic (exact) mass is 160 g/mol. The second-order valence-corrected chi connectivity index (χ2v) is 3.27. The third kappa shape index (κ3) is 0.881. The van der Waals surface area contributed by atoms with Crippen LogP contribution < -0.4 is 11.1 Å². The van der Waals surface area contributed by atoms with Crippen molar-refractivity contribution in [3.8, 4) is 0 Å². The molecule has 0 amide bonds. The zero-order valence-electron chi connectivity index (χ0n) is 7.04. The van der Waals surface area contributed by atoms with Gasteiger partial charge in [0.05, 0.1) is 5.54 Å². The Kier molecular flexibility index (Phi) is 1.37. The number of hydrogen-bond donors (Lipinski definition) is 2. The van der Waals surface area contributed by atoms with Crippen LogP contribution in [-0.2, 0) is 0 Å². The van der Waals surface area contributed by atoms with Crippen LogP contribution in [0, 0.1) is 0 Å². The molecular weight excluding hydrogens is 148 g/mol. The summed E-state index contributed by atoms with van der Waals surface area (Å²) in [6.45, 7) is 2.11. The first-order chi connectivity index (χ1) is 5.72. The minimum absolute atomic E-state index is 0.104. The molecule has 0 spiro atoms. The molecule has 1 heterocycles. The van der Waals surface area contributed by atoms with Gasteiger partial charge in [0.25, 0.3) is 0 Å². The lowest BCUT2D eigenvalue weighted by atomic mass is 9.85. The van der Waals surface area contributed by atoms with E-state index in [4.69, 9.17) is 5.73 Å². The first kappa shape index (κ1) is 7.22. The van der Waals surface area contributed by atoms with Crippen molar-refractivity contribution in [1.29, 1.82) is 0 Å². The van der Waals surface area contributed by atoms with Crippen molar-refractivity contribution < 1.29 is 0 Å². The highest BCUT2D eigenvalue weighted by atomic mass is 15.0. The van der Waals surface area contributed by atoms with E-state index < -0.39 is 0 Å². The summed E-state index contributed by atoms with van der Waals surface area (Å²) in [5.74, 6) is 0. The van der Waals surface area contributed by atoms with E-state index in [1.807, 2.05) is 30.5 Å². The number of fused-ring (bicyclic) bond motifs is 1. The highest BCUT2D eigenvalue weighted by molar-refractivity contribution is 5.49. The van der Waals surface area contributed by atoms with Crippen LogP contribution in [0.2, 0.25) is 0 Å². The van der Waals surface area contributed by atoms with Crippen molar-refractivity contribution >= 4 is 0 Å². The largest absolute Gasteiger partial charge is 0.398 e. The summed E-state index contributed by atoms with van der Waals surface area (Å²) in [5, 5.41) is 3.27. The van der Waals surface area contributed by atoms with E-state index in [0.29, 0.717) is 0 Å². The fourth-order valence-corrected chi connectivity index (χ4v) is 1.58. The molecule has 1 aliphatic heterocycles. The summed E-state index contributed by atoms with van der Waals surface area (Å²) in [4.78, 5) is 0. The van der Waals surface area contributed by atoms with Gasteiger partial charge in [0, 0.05) is 11.3 Å². The molecule has 0 radical (unpaired) electrons. The SMILES string of the molecule is CC12C=CC=CC1=C(N)C=CN2. The van der Waals surface area contributed by atoms with Gasteiger partial charge in [0.2, 0.25) is 0 Å². The van der Waals surface area contributed by atoms with E-state index in [9.17, 15) is 0 Å². The number of rotatable bonds is 0. The van der Waals surface area contributed by atoms with E-state index >= 15 is 0 Å². The maximum atomic E-state index is 5.84. The third-order valence-corrected chi connectivity index (χ3v) is 2.32. The van der Waals surface area contributed by atoms with Gasteiger partial charge >= 0.3 is 0 Å². The van der Waals surface area contributed by atoms with Gasteiger partial charge in [-0.3, -0.25) is 0 Å². The Morgan fingerprint density at radius 3 is 2.92 bits per heavy atom. The van der Waals surface area contributed by atoms with E-state index in [1.165, 1.54) is 0 Å². The van der Waals surface area contributed by atoms with E-state index in [0.717, 1.165) is 11.3 Å². The van der Waals surface area contributed by atoms with Crippen molar-refractivity contribution in [2.75, 3.05) is 0 Å². The van der Waals surface area contributed by atoms with Crippen LogP contribution in [-0.4, -0.2) is 5.54 Å². The molecule has 0 aromatic carbocycles. The fraction of sp³-hybridized carbons (Fsp3) is 0.200. The summed E-state index contributed by atoms with van der Waals surface area (Å²) in [5.41, 5.74) is 7.73. The van der Waals surface area contributed by atoms with Crippen LogP contribution in [0.1, 0.15) is 6.92 Å². The highest BCUT2D eigenvalue weighted by Gasteiger charge is 2.27. The predicted molar refractivity (Wildman–Crippen MR) is 50.2 cm³/mol. The summed E-state index contributed by atoms with van der Waals surface area (Å²) in [7, 11) is 0. The molecule has 2 aliphatic rings. The third-order valence-electron chi connectivity index (χ3n) is 2.32. The number of dihydropyridines is 1. The van der Waals surface area contributed by atoms with Gasteiger partial charge in [0.15, 0.2) is 0 Å². The summed E-state index contributed by atoms with van der Waals surface area (Å²) in [6, 6.07) is 0. The van der Waals surface area contributed by atoms with Gasteiger partial charge in [-0.1, -0.05) is 24.3 Å². The minimum Gasteiger partial charge on any atom is -0.398 e. The molecule has 0 bridgehead atoms. The summed E-state index contributed by atoms with van der Waals surface area (Å²) < 4.78 is 0. The maximum Gasteiger partial charge on any atom is 0.0799 e. The zero-order valence-corrected chi connectivity index (χ0v) is 7.04. The Morgan fingerprint density at radius 2 is 2.17 bits per heavy atom. The van der Waals surface area contributed by atoms with Crippen LogP contribution in [0.15, 0.2) is 47.9 Å². The van der Waals surface area contributed by atoms with Gasteiger partial charge < -0.3 is 11.1 Å². The molecule has 1 aliphatic carbocycles. The molecular formula is C10H12N2. The second-order valence-electron chi connectivity index (χ2n) is 3.27. The first-order valence-electron chi connectivity index (χ1n) is 4.03. The second kappa shape index (κ2) is 2.27. The zero-order chi connectivity index (χ0) is 8.60. The number of hydrogen-bond acceptors (Lipinski definition) is 2. The van der Waals surface area contributed by atoms with Crippen molar-refractivity contribution in [3.05, 3.63) is 47.9 Å². The van der Waals surface area contributed by atoms with Gasteiger partial charge in [-0.2, -0.15) is 0 Å². The van der Waals surface area contributed by atoms with Crippen molar-refractivity contribution in [3.63, 3.8) is 0 Å². The van der Waals surface area contributed by atoms with Gasteiger partial charge in [-0.25, -0.2) is 0 Å². The normalized spacial score (nSPS) is 31.8. The lowest BCUT2D eigenvalue weighted by molar-refractivity contribution is 0.577. The average molecular weight is 160 g/mol. The number of nitrogens with two attached hydrogens (primary N) is 1. The Labute approximate surface area is 72.1 Å². The molecule has 0 saturated carbocycles. The molecule has 0 saturated heterocycles. The van der Waals surface area contributed by atoms with Gasteiger partial charge in [-0.05, 0) is 19.2 Å². The Hall–Kier alpha value is -1.44. The Balaban J connectivity index is 2.53. The Morgan fingerprint density at radius 1 is 1.33 bits per heavy atom. The van der Waals surface area contributed by atoms with Crippen molar-refractivity contribution in [1.82, 2.24) is 5.32 Å². The Bertz CT molecular complexity index is 321. The van der Waals surface area contributed by atoms with E-state index in [-0.39, 0.29) is 5.54 Å². The lowest BCUT2D eigenvalue weighted by Crippen LogP contribution is -2.42. The molecule has 0 aromatic rings. The molecule has 62 valence electrons. The van der Waals surface area contributed by atoms with E-state index in [2.05, 4.69) is 18.3 Å². The fourth-order valence-electron chi connectivity index (χ4n) is 1.58. The highest BCUT2D eigenvalue weighted by Crippen LogP contribution is 2.27. The summed E-state index contributed by atoms with van der Waals surface area (Å²) in [6.07, 6.45) is 12.0.